The molecule has 0 amide bonds. The Labute approximate surface area is 155 Å². The number of ketones is 1. The monoisotopic (exact) mass is 344 g/mol. The summed E-state index contributed by atoms with van der Waals surface area (Å²) in [6, 6.07) is 0. The summed E-state index contributed by atoms with van der Waals surface area (Å²) in [5.41, 5.74) is 0. The Hall–Kier alpha value is -1.67. The second-order valence-electron chi connectivity index (χ2n) is 5.96. The third-order valence-corrected chi connectivity index (χ3v) is 3.37. The first-order chi connectivity index (χ1) is 12.3. The first kappa shape index (κ1) is 23.3. The van der Waals surface area contributed by atoms with Gasteiger partial charge in [0.1, 0.15) is 6.61 Å². The number of hydrogen-bond donors (Lipinski definition) is 0. The van der Waals surface area contributed by atoms with Crippen molar-refractivity contribution in [1.82, 2.24) is 0 Å². The van der Waals surface area contributed by atoms with Crippen molar-refractivity contribution in [2.75, 3.05) is 13.2 Å². The van der Waals surface area contributed by atoms with Crippen LogP contribution in [0.5, 0.6) is 0 Å². The molecule has 0 fully saturated rings. The van der Waals surface area contributed by atoms with Crippen molar-refractivity contribution in [1.29, 1.82) is 0 Å². The number of allylic oxidation sites excluding steroid dienone is 10. The van der Waals surface area contributed by atoms with Gasteiger partial charge in [0.25, 0.3) is 0 Å². The molecule has 0 aromatic carbocycles. The van der Waals surface area contributed by atoms with Crippen molar-refractivity contribution in [3.8, 4) is 0 Å². The van der Waals surface area contributed by atoms with Crippen LogP contribution in [0.25, 0.3) is 0 Å². The minimum Gasteiger partial charge on any atom is -0.374 e. The van der Waals surface area contributed by atoms with Crippen LogP contribution in [0.1, 0.15) is 65.2 Å². The highest BCUT2D eigenvalue weighted by Gasteiger charge is 1.92. The molecule has 0 unspecified atom stereocenters. The summed E-state index contributed by atoms with van der Waals surface area (Å²) in [6.07, 6.45) is 30.5. The number of ether oxygens (including phenoxy) is 1. The lowest BCUT2D eigenvalue weighted by atomic mass is 10.2. The van der Waals surface area contributed by atoms with E-state index in [1.54, 1.807) is 6.92 Å². The summed E-state index contributed by atoms with van der Waals surface area (Å²) in [6.45, 7) is 4.64. The molecule has 0 aliphatic heterocycles. The van der Waals surface area contributed by atoms with Crippen LogP contribution in [0.15, 0.2) is 60.8 Å². The largest absolute Gasteiger partial charge is 0.374 e. The van der Waals surface area contributed by atoms with E-state index in [4.69, 9.17) is 4.74 Å². The third-order valence-electron chi connectivity index (χ3n) is 3.37. The van der Waals surface area contributed by atoms with Crippen LogP contribution in [-0.4, -0.2) is 19.0 Å². The number of unbranched alkanes of at least 4 members (excludes halogenated alkanes) is 2. The van der Waals surface area contributed by atoms with Crippen LogP contribution < -0.4 is 0 Å². The van der Waals surface area contributed by atoms with E-state index in [2.05, 4.69) is 67.7 Å². The standard InChI is InChI=1S/C23H36O2/c1-3-4-5-6-7-8-9-10-11-12-13-14-15-16-17-18-19-20-21-25-22-23(2)24/h4-5,7-8,10-11,13-14,16-17H,3,6,9,12,15,18-22H2,1-2H3. The van der Waals surface area contributed by atoms with Gasteiger partial charge in [0.2, 0.25) is 0 Å². The van der Waals surface area contributed by atoms with Gasteiger partial charge in [-0.05, 0) is 58.3 Å². The van der Waals surface area contributed by atoms with Crippen LogP contribution in [0.2, 0.25) is 0 Å². The highest BCUT2D eigenvalue weighted by molar-refractivity contribution is 5.76. The quantitative estimate of drug-likeness (QED) is 0.235. The maximum atomic E-state index is 10.7. The Morgan fingerprint density at radius 3 is 1.68 bits per heavy atom. The van der Waals surface area contributed by atoms with E-state index in [9.17, 15) is 4.79 Å². The van der Waals surface area contributed by atoms with Crippen molar-refractivity contribution >= 4 is 5.78 Å². The van der Waals surface area contributed by atoms with Crippen LogP contribution in [0.4, 0.5) is 0 Å². The molecule has 0 saturated carbocycles. The Balaban J connectivity index is 3.40. The van der Waals surface area contributed by atoms with E-state index in [0.29, 0.717) is 6.61 Å². The van der Waals surface area contributed by atoms with Gasteiger partial charge in [0.15, 0.2) is 5.78 Å². The summed E-state index contributed by atoms with van der Waals surface area (Å²) < 4.78 is 5.23. The fourth-order valence-corrected chi connectivity index (χ4v) is 2.05. The topological polar surface area (TPSA) is 26.3 Å². The molecule has 0 aromatic heterocycles. The molecule has 0 heterocycles. The molecule has 0 spiro atoms. The van der Waals surface area contributed by atoms with Gasteiger partial charge in [0.05, 0.1) is 0 Å². The van der Waals surface area contributed by atoms with Gasteiger partial charge < -0.3 is 4.74 Å². The summed E-state index contributed by atoms with van der Waals surface area (Å²) in [7, 11) is 0. The molecule has 140 valence electrons. The smallest absolute Gasteiger partial charge is 0.155 e. The fourth-order valence-electron chi connectivity index (χ4n) is 2.05. The van der Waals surface area contributed by atoms with Crippen molar-refractivity contribution in [2.45, 2.75) is 65.2 Å². The zero-order chi connectivity index (χ0) is 18.4. The van der Waals surface area contributed by atoms with Crippen LogP contribution >= 0.6 is 0 Å². The first-order valence-electron chi connectivity index (χ1n) is 9.59. The van der Waals surface area contributed by atoms with Gasteiger partial charge >= 0.3 is 0 Å². The lowest BCUT2D eigenvalue weighted by Crippen LogP contribution is -2.04. The Morgan fingerprint density at radius 2 is 1.20 bits per heavy atom. The van der Waals surface area contributed by atoms with Crippen LogP contribution in [0, 0.1) is 0 Å². The van der Waals surface area contributed by atoms with Crippen molar-refractivity contribution in [2.24, 2.45) is 0 Å². The van der Waals surface area contributed by atoms with Crippen LogP contribution in [-0.2, 0) is 9.53 Å². The zero-order valence-corrected chi connectivity index (χ0v) is 16.2. The Kier molecular flexibility index (Phi) is 19.0. The lowest BCUT2D eigenvalue weighted by Gasteiger charge is -1.99. The van der Waals surface area contributed by atoms with E-state index in [1.165, 1.54) is 0 Å². The average Bonchev–Trinajstić information content (AvgIpc) is 2.60. The predicted molar refractivity (Wildman–Crippen MR) is 110 cm³/mol. The number of carbonyl (C=O) groups excluding carboxylic acids is 1. The minimum absolute atomic E-state index is 0.0952. The fraction of sp³-hybridized carbons (Fsp3) is 0.522. The van der Waals surface area contributed by atoms with Crippen molar-refractivity contribution in [3.05, 3.63) is 60.8 Å². The zero-order valence-electron chi connectivity index (χ0n) is 16.2. The minimum atomic E-state index is 0.0952. The van der Waals surface area contributed by atoms with Gasteiger partial charge in [-0.15, -0.1) is 0 Å². The van der Waals surface area contributed by atoms with E-state index in [-0.39, 0.29) is 12.4 Å². The van der Waals surface area contributed by atoms with E-state index in [1.807, 2.05) is 0 Å². The normalized spacial score (nSPS) is 12.7. The molecular weight excluding hydrogens is 308 g/mol. The molecule has 0 aromatic rings. The molecule has 0 bridgehead atoms. The highest BCUT2D eigenvalue weighted by Crippen LogP contribution is 1.99. The summed E-state index contributed by atoms with van der Waals surface area (Å²) in [5.74, 6) is 0.0952. The highest BCUT2D eigenvalue weighted by atomic mass is 16.5. The first-order valence-corrected chi connectivity index (χ1v) is 9.59. The second-order valence-corrected chi connectivity index (χ2v) is 5.96. The molecule has 2 nitrogen and oxygen atoms in total. The van der Waals surface area contributed by atoms with E-state index < -0.39 is 0 Å². The molecule has 0 rings (SSSR count). The van der Waals surface area contributed by atoms with Gasteiger partial charge in [-0.1, -0.05) is 67.7 Å². The van der Waals surface area contributed by atoms with E-state index in [0.717, 1.165) is 51.4 Å². The predicted octanol–water partition coefficient (Wildman–Crippen LogP) is 6.51. The van der Waals surface area contributed by atoms with Gasteiger partial charge in [-0.3, -0.25) is 4.79 Å². The van der Waals surface area contributed by atoms with Crippen LogP contribution in [0.3, 0.4) is 0 Å². The average molecular weight is 345 g/mol. The van der Waals surface area contributed by atoms with E-state index >= 15 is 0 Å². The molecule has 0 aliphatic rings. The maximum Gasteiger partial charge on any atom is 0.155 e. The molecule has 0 radical (unpaired) electrons. The van der Waals surface area contributed by atoms with Gasteiger partial charge in [-0.25, -0.2) is 0 Å². The molecule has 0 atom stereocenters. The number of Topliss-reactive ketones (excluding diaryl/α,β-unsaturated/α-hetero) is 1. The molecule has 2 heteroatoms. The van der Waals surface area contributed by atoms with Gasteiger partial charge in [0, 0.05) is 6.61 Å². The SMILES string of the molecule is CCC=CCC=CCC=CCC=CCC=CCCCCOCC(C)=O. The number of rotatable bonds is 16. The summed E-state index contributed by atoms with van der Waals surface area (Å²) >= 11 is 0. The Morgan fingerprint density at radius 1 is 0.720 bits per heavy atom. The maximum absolute atomic E-state index is 10.7. The molecule has 25 heavy (non-hydrogen) atoms. The van der Waals surface area contributed by atoms with Gasteiger partial charge in [-0.2, -0.15) is 0 Å². The van der Waals surface area contributed by atoms with Crippen molar-refractivity contribution < 1.29 is 9.53 Å². The molecule has 0 N–H and O–H groups in total. The second kappa shape index (κ2) is 20.4. The molecular formula is C23H36O2. The number of hydrogen-bond acceptors (Lipinski definition) is 2. The lowest BCUT2D eigenvalue weighted by molar-refractivity contribution is -0.121. The summed E-state index contributed by atoms with van der Waals surface area (Å²) in [4.78, 5) is 10.7. The molecule has 0 aliphatic carbocycles. The Bertz CT molecular complexity index is 439. The third kappa shape index (κ3) is 22.3. The molecule has 0 saturated heterocycles. The van der Waals surface area contributed by atoms with Crippen molar-refractivity contribution in [3.63, 3.8) is 0 Å². The number of carbonyl (C=O) groups is 1. The summed E-state index contributed by atoms with van der Waals surface area (Å²) in [5, 5.41) is 0.